The highest BCUT2D eigenvalue weighted by Gasteiger charge is 2.15. The Labute approximate surface area is 522 Å². The third-order valence-electron chi connectivity index (χ3n) is 14.1. The molecule has 0 aliphatic carbocycles. The molecule has 0 atom stereocenters. The van der Waals surface area contributed by atoms with Crippen LogP contribution in [0.25, 0.3) is 21.1 Å². The molecule has 5 aromatic carbocycles. The molecule has 10 nitrogen and oxygen atoms in total. The Balaban J connectivity index is 1.07. The number of esters is 1. The van der Waals surface area contributed by atoms with Gasteiger partial charge in [0.25, 0.3) is 0 Å². The normalized spacial score (nSPS) is 10.5. The van der Waals surface area contributed by atoms with E-state index in [0.29, 0.717) is 69.1 Å². The molecule has 7 rings (SSSR count). The average Bonchev–Trinajstić information content (AvgIpc) is 3.64. The Bertz CT molecular complexity index is 3460. The van der Waals surface area contributed by atoms with E-state index in [4.69, 9.17) is 28.4 Å². The number of pyridine rings is 1. The number of ether oxygens (including phenoxy) is 6. The Kier molecular flexibility index (Phi) is 29.3. The molecule has 0 spiro atoms. The van der Waals surface area contributed by atoms with Crippen LogP contribution in [-0.4, -0.2) is 60.8 Å². The Hall–Kier alpha value is -8.48. The highest BCUT2D eigenvalue weighted by atomic mass is 32.1. The van der Waals surface area contributed by atoms with Crippen molar-refractivity contribution in [2.75, 3.05) is 39.6 Å². The summed E-state index contributed by atoms with van der Waals surface area (Å²) in [5, 5.41) is 10.8. The molecule has 0 N–H and O–H groups in total. The van der Waals surface area contributed by atoms with Crippen molar-refractivity contribution in [3.63, 3.8) is 0 Å². The second-order valence-electron chi connectivity index (χ2n) is 21.3. The van der Waals surface area contributed by atoms with Gasteiger partial charge in [-0.1, -0.05) is 188 Å². The fourth-order valence-electron chi connectivity index (χ4n) is 9.10. The molecule has 0 radical (unpaired) electrons. The molecule has 0 aliphatic heterocycles. The molecule has 0 saturated carbocycles. The van der Waals surface area contributed by atoms with Gasteiger partial charge in [0.2, 0.25) is 0 Å². The van der Waals surface area contributed by atoms with Gasteiger partial charge in [-0.2, -0.15) is 0 Å². The first kappa shape index (κ1) is 66.1. The number of aromatic nitrogens is 3. The van der Waals surface area contributed by atoms with E-state index in [2.05, 4.69) is 90.2 Å². The number of hydrogen-bond acceptors (Lipinski definition) is 11. The van der Waals surface area contributed by atoms with E-state index >= 15 is 0 Å². The zero-order valence-electron chi connectivity index (χ0n) is 51.8. The van der Waals surface area contributed by atoms with E-state index in [9.17, 15) is 4.79 Å². The quantitative estimate of drug-likeness (QED) is 0.0224. The first-order valence-electron chi connectivity index (χ1n) is 31.6. The maximum Gasteiger partial charge on any atom is 0.305 e. The summed E-state index contributed by atoms with van der Waals surface area (Å²) in [7, 11) is 0. The SMILES string of the molecule is CCCCCCOc1cc(C#Cc2ccc(-c3nnc(-c4ccc(C#Cc5cc(OCCCCCC)c(C#Cc6ccc(OCCCCC(=O)OCC)cc6)cc5OCCCCCC)cc4)s3)cc2)c(OCCCCCC)cc1C#Cc1ccncc1. The third kappa shape index (κ3) is 23.4. The molecule has 11 heteroatoms. The van der Waals surface area contributed by atoms with Gasteiger partial charge in [0.1, 0.15) is 38.8 Å². The van der Waals surface area contributed by atoms with Gasteiger partial charge < -0.3 is 28.4 Å². The summed E-state index contributed by atoms with van der Waals surface area (Å²) in [6.45, 7) is 13.9. The molecule has 0 saturated heterocycles. The van der Waals surface area contributed by atoms with Gasteiger partial charge in [0.05, 0.1) is 61.9 Å². The van der Waals surface area contributed by atoms with Crippen LogP contribution in [-0.2, 0) is 9.53 Å². The van der Waals surface area contributed by atoms with Crippen LogP contribution >= 0.6 is 11.3 Å². The molecule has 0 fully saturated rings. The summed E-state index contributed by atoms with van der Waals surface area (Å²) in [5.74, 6) is 30.4. The number of carbonyl (C=O) groups excluding carboxylic acids is 1. The molecule has 0 amide bonds. The minimum absolute atomic E-state index is 0.170. The number of unbranched alkanes of at least 4 members (excludes halogenated alkanes) is 13. The Morgan fingerprint density at radius 2 is 0.713 bits per heavy atom. The van der Waals surface area contributed by atoms with E-state index in [1.165, 1.54) is 12.8 Å². The second kappa shape index (κ2) is 38.5. The van der Waals surface area contributed by atoms with E-state index in [-0.39, 0.29) is 5.97 Å². The summed E-state index contributed by atoms with van der Waals surface area (Å²) in [6, 6.07) is 35.8. The predicted octanol–water partition coefficient (Wildman–Crippen LogP) is 17.8. The van der Waals surface area contributed by atoms with Crippen molar-refractivity contribution < 1.29 is 33.2 Å². The predicted molar refractivity (Wildman–Crippen MR) is 353 cm³/mol. The Morgan fingerprint density at radius 3 is 1.07 bits per heavy atom. The Morgan fingerprint density at radius 1 is 0.379 bits per heavy atom. The van der Waals surface area contributed by atoms with Gasteiger partial charge >= 0.3 is 5.97 Å². The summed E-state index contributed by atoms with van der Waals surface area (Å²) < 4.78 is 36.8. The molecule has 452 valence electrons. The van der Waals surface area contributed by atoms with E-state index in [1.54, 1.807) is 23.7 Å². The maximum absolute atomic E-state index is 11.7. The molecule has 0 aliphatic rings. The fraction of sp³-hybridized carbons (Fsp3) is 0.395. The van der Waals surface area contributed by atoms with Gasteiger partial charge in [-0.05, 0) is 106 Å². The van der Waals surface area contributed by atoms with Crippen LogP contribution in [0.5, 0.6) is 28.7 Å². The number of nitrogens with zero attached hydrogens (tertiary/aromatic N) is 3. The lowest BCUT2D eigenvalue weighted by molar-refractivity contribution is -0.143. The molecular formula is C76H85N3O7S. The van der Waals surface area contributed by atoms with Crippen molar-refractivity contribution in [3.8, 4) is 97.3 Å². The van der Waals surface area contributed by atoms with Crippen molar-refractivity contribution in [1.29, 1.82) is 0 Å². The minimum Gasteiger partial charge on any atom is -0.494 e. The minimum atomic E-state index is -0.170. The number of hydrogen-bond donors (Lipinski definition) is 0. The third-order valence-corrected chi connectivity index (χ3v) is 15.1. The summed E-state index contributed by atoms with van der Waals surface area (Å²) in [5.41, 5.74) is 8.38. The molecule has 2 heterocycles. The molecule has 0 unspecified atom stereocenters. The fourth-order valence-corrected chi connectivity index (χ4v) is 9.96. The lowest BCUT2D eigenvalue weighted by Gasteiger charge is -2.14. The number of carbonyl (C=O) groups is 1. The van der Waals surface area contributed by atoms with Gasteiger partial charge in [-0.3, -0.25) is 9.78 Å². The summed E-state index contributed by atoms with van der Waals surface area (Å²) >= 11 is 1.54. The van der Waals surface area contributed by atoms with Crippen molar-refractivity contribution in [2.24, 2.45) is 0 Å². The zero-order chi connectivity index (χ0) is 60.9. The van der Waals surface area contributed by atoms with Crippen LogP contribution in [0, 0.1) is 47.4 Å². The number of rotatable bonds is 33. The summed E-state index contributed by atoms with van der Waals surface area (Å²) in [4.78, 5) is 15.8. The monoisotopic (exact) mass is 1180 g/mol. The van der Waals surface area contributed by atoms with Crippen LogP contribution in [0.4, 0.5) is 0 Å². The number of benzene rings is 5. The van der Waals surface area contributed by atoms with Gasteiger partial charge in [0, 0.05) is 76.5 Å². The van der Waals surface area contributed by atoms with Crippen LogP contribution in [0.3, 0.4) is 0 Å². The lowest BCUT2D eigenvalue weighted by atomic mass is 10.1. The average molecular weight is 1180 g/mol. The standard InChI is InChI=1S/C76H85N3O7S/c1-6-11-15-20-51-83-70-57-67(42-32-61-34-44-69(45-35-61)82-50-24-19-25-74(80)81-10-5)71(84-52-21-16-12-7-2)55-65(70)40-30-59-26-36-63(37-27-59)75-78-79-76(87-75)64-38-28-60(29-39-64)31-41-66-56-73(86-54-23-18-14-9-4)68(43-33-62-46-48-77-49-47-62)58-72(66)85-53-22-17-13-8-3/h26-29,34-39,44-49,55-58H,6-25,50-54H2,1-5H3. The molecule has 0 bridgehead atoms. The largest absolute Gasteiger partial charge is 0.494 e. The zero-order valence-corrected chi connectivity index (χ0v) is 52.6. The molecule has 2 aromatic heterocycles. The van der Waals surface area contributed by atoms with Crippen molar-refractivity contribution >= 4 is 17.3 Å². The first-order chi connectivity index (χ1) is 42.9. The lowest BCUT2D eigenvalue weighted by Crippen LogP contribution is -2.05. The van der Waals surface area contributed by atoms with Gasteiger partial charge in [-0.25, -0.2) is 0 Å². The molecule has 7 aromatic rings. The smallest absolute Gasteiger partial charge is 0.305 e. The van der Waals surface area contributed by atoms with Crippen LogP contribution in [0.1, 0.15) is 201 Å². The van der Waals surface area contributed by atoms with E-state index in [1.807, 2.05) is 116 Å². The first-order valence-corrected chi connectivity index (χ1v) is 32.5. The maximum atomic E-state index is 11.7. The molecule has 87 heavy (non-hydrogen) atoms. The topological polar surface area (TPSA) is 111 Å². The second-order valence-corrected chi connectivity index (χ2v) is 22.2. The van der Waals surface area contributed by atoms with Crippen molar-refractivity contribution in [2.45, 2.75) is 157 Å². The van der Waals surface area contributed by atoms with Gasteiger partial charge in [-0.15, -0.1) is 10.2 Å². The van der Waals surface area contributed by atoms with E-state index < -0.39 is 0 Å². The highest BCUT2D eigenvalue weighted by Crippen LogP contribution is 2.33. The summed E-state index contributed by atoms with van der Waals surface area (Å²) in [6.07, 6.45) is 22.9. The van der Waals surface area contributed by atoms with Crippen LogP contribution in [0.15, 0.2) is 122 Å². The molecular weight excluding hydrogens is 1100 g/mol. The van der Waals surface area contributed by atoms with Crippen LogP contribution < -0.4 is 23.7 Å². The van der Waals surface area contributed by atoms with Gasteiger partial charge in [0.15, 0.2) is 0 Å². The van der Waals surface area contributed by atoms with Crippen LogP contribution in [0.2, 0.25) is 0 Å². The van der Waals surface area contributed by atoms with E-state index in [0.717, 1.165) is 174 Å². The van der Waals surface area contributed by atoms with Crippen molar-refractivity contribution in [1.82, 2.24) is 15.2 Å². The van der Waals surface area contributed by atoms with Crippen molar-refractivity contribution in [3.05, 3.63) is 166 Å². The highest BCUT2D eigenvalue weighted by molar-refractivity contribution is 7.17.